The van der Waals surface area contributed by atoms with Crippen LogP contribution in [0.15, 0.2) is 48.5 Å². The molecule has 184 valence electrons. The number of imidazole rings is 1. The van der Waals surface area contributed by atoms with Crippen LogP contribution in [0.25, 0.3) is 16.7 Å². The number of hydrogen-bond donors (Lipinski definition) is 1. The molecule has 2 aliphatic heterocycles. The molecule has 0 fully saturated rings. The van der Waals surface area contributed by atoms with Crippen LogP contribution < -0.4 is 49.5 Å². The molecule has 0 amide bonds. The van der Waals surface area contributed by atoms with Crippen LogP contribution >= 0.6 is 0 Å². The molecule has 0 bridgehead atoms. The smallest absolute Gasteiger partial charge is 0.550 e. The summed E-state index contributed by atoms with van der Waals surface area (Å²) >= 11 is 0. The Bertz CT molecular complexity index is 1520. The molecule has 3 aromatic carbocycles. The van der Waals surface area contributed by atoms with Crippen molar-refractivity contribution >= 4 is 22.7 Å². The number of para-hydroxylation sites is 1. The number of nitrogens with one attached hydrogen (secondary N) is 1. The molecule has 1 N–H and O–H groups in total. The zero-order valence-electron chi connectivity index (χ0n) is 20.4. The summed E-state index contributed by atoms with van der Waals surface area (Å²) in [6.07, 6.45) is 0.439. The number of anilines is 1. The third-order valence-corrected chi connectivity index (χ3v) is 6.78. The molecule has 0 saturated heterocycles. The van der Waals surface area contributed by atoms with Crippen LogP contribution in [-0.2, 0) is 11.2 Å². The number of carbonyl (C=O) groups excluding carboxylic acids is 1. The molecule has 0 radical (unpaired) electrons. The van der Waals surface area contributed by atoms with Crippen LogP contribution in [0.5, 0.6) is 11.5 Å². The Morgan fingerprint density at radius 3 is 2.76 bits per heavy atom. The number of carbonyl (C=O) groups is 1. The molecule has 7 nitrogen and oxygen atoms in total. The summed E-state index contributed by atoms with van der Waals surface area (Å²) in [6, 6.07) is 13.6. The van der Waals surface area contributed by atoms with Crippen molar-refractivity contribution < 1.29 is 57.7 Å². The molecule has 4 aromatic rings. The second-order valence-corrected chi connectivity index (χ2v) is 8.99. The molecule has 0 spiro atoms. The normalized spacial score (nSPS) is 17.5. The monoisotopic (exact) mass is 513 g/mol. The summed E-state index contributed by atoms with van der Waals surface area (Å²) in [5, 5.41) is 14.5. The minimum Gasteiger partial charge on any atom is -0.550 e. The minimum absolute atomic E-state index is 0. The maximum absolute atomic E-state index is 14.9. The minimum atomic E-state index is -1.10. The molecule has 2 atom stereocenters. The number of carboxylic acids is 1. The van der Waals surface area contributed by atoms with Gasteiger partial charge >= 0.3 is 29.6 Å². The van der Waals surface area contributed by atoms with E-state index in [9.17, 15) is 18.7 Å². The zero-order valence-corrected chi connectivity index (χ0v) is 22.4. The first kappa shape index (κ1) is 25.5. The Morgan fingerprint density at radius 2 is 1.97 bits per heavy atom. The van der Waals surface area contributed by atoms with E-state index in [0.29, 0.717) is 48.2 Å². The molecular weight excluding hydrogens is 491 g/mol. The van der Waals surface area contributed by atoms with Crippen molar-refractivity contribution in [3.63, 3.8) is 0 Å². The van der Waals surface area contributed by atoms with Gasteiger partial charge < -0.3 is 24.7 Å². The fourth-order valence-corrected chi connectivity index (χ4v) is 5.11. The van der Waals surface area contributed by atoms with E-state index in [1.807, 2.05) is 43.3 Å². The first-order chi connectivity index (χ1) is 17.4. The molecule has 0 aliphatic carbocycles. The van der Waals surface area contributed by atoms with Crippen LogP contribution in [0.3, 0.4) is 0 Å². The number of halogens is 2. The van der Waals surface area contributed by atoms with Crippen LogP contribution in [-0.4, -0.2) is 28.7 Å². The van der Waals surface area contributed by atoms with Crippen LogP contribution in [0, 0.1) is 11.6 Å². The van der Waals surface area contributed by atoms with E-state index in [0.717, 1.165) is 22.9 Å². The zero-order chi connectivity index (χ0) is 25.0. The third-order valence-electron chi connectivity index (χ3n) is 6.78. The van der Waals surface area contributed by atoms with Gasteiger partial charge in [-0.2, -0.15) is 0 Å². The maximum Gasteiger partial charge on any atom is 1.00 e. The van der Waals surface area contributed by atoms with Gasteiger partial charge in [0.05, 0.1) is 23.9 Å². The van der Waals surface area contributed by atoms with Gasteiger partial charge in [0.25, 0.3) is 0 Å². The van der Waals surface area contributed by atoms with E-state index in [2.05, 4.69) is 10.3 Å². The van der Waals surface area contributed by atoms with Crippen LogP contribution in [0.2, 0.25) is 0 Å². The first-order valence-electron chi connectivity index (χ1n) is 11.8. The van der Waals surface area contributed by atoms with E-state index in [-0.39, 0.29) is 53.5 Å². The van der Waals surface area contributed by atoms with Gasteiger partial charge in [0, 0.05) is 41.2 Å². The number of carboxylic acid groups (broad SMARTS) is 1. The van der Waals surface area contributed by atoms with E-state index in [1.165, 1.54) is 6.07 Å². The maximum atomic E-state index is 14.9. The Kier molecular flexibility index (Phi) is 6.87. The van der Waals surface area contributed by atoms with Gasteiger partial charge in [-0.1, -0.05) is 25.1 Å². The van der Waals surface area contributed by atoms with Crippen LogP contribution in [0.1, 0.15) is 42.3 Å². The summed E-state index contributed by atoms with van der Waals surface area (Å²) in [7, 11) is 0. The summed E-state index contributed by atoms with van der Waals surface area (Å²) < 4.78 is 42.4. The van der Waals surface area contributed by atoms with E-state index in [4.69, 9.17) is 9.47 Å². The van der Waals surface area contributed by atoms with Gasteiger partial charge in [-0.05, 0) is 30.7 Å². The SMILES string of the molecule is CCc1nc2ccc(F)c(F)c2n1-c1cccc2c1OC[C@H]2Nc1ccc2c(c1)OC[C@H]2CC(=O)[O-].[Na+]. The number of ether oxygens (including phenoxy) is 2. The molecule has 6 rings (SSSR count). The van der Waals surface area contributed by atoms with Gasteiger partial charge in [0.1, 0.15) is 29.4 Å². The van der Waals surface area contributed by atoms with E-state index in [1.54, 1.807) is 4.57 Å². The number of hydrogen-bond acceptors (Lipinski definition) is 6. The van der Waals surface area contributed by atoms with Crippen molar-refractivity contribution in [1.82, 2.24) is 9.55 Å². The predicted molar refractivity (Wildman–Crippen MR) is 127 cm³/mol. The van der Waals surface area contributed by atoms with Crippen molar-refractivity contribution in [2.75, 3.05) is 18.5 Å². The Balaban J connectivity index is 0.00000280. The van der Waals surface area contributed by atoms with Crippen molar-refractivity contribution in [3.05, 3.63) is 77.1 Å². The van der Waals surface area contributed by atoms with Crippen molar-refractivity contribution in [2.45, 2.75) is 31.7 Å². The fourth-order valence-electron chi connectivity index (χ4n) is 5.11. The molecular formula is C27H22F2N3NaO4. The molecule has 3 heterocycles. The first-order valence-corrected chi connectivity index (χ1v) is 11.8. The Hall–Kier alpha value is -3.14. The molecule has 10 heteroatoms. The van der Waals surface area contributed by atoms with Gasteiger partial charge in [-0.3, -0.25) is 4.57 Å². The van der Waals surface area contributed by atoms with Gasteiger partial charge in [0.15, 0.2) is 11.6 Å². The number of fused-ring (bicyclic) bond motifs is 3. The van der Waals surface area contributed by atoms with Gasteiger partial charge in [-0.25, -0.2) is 13.8 Å². The predicted octanol–water partition coefficient (Wildman–Crippen LogP) is 1.03. The number of nitrogens with zero attached hydrogens (tertiary/aromatic N) is 2. The Morgan fingerprint density at radius 1 is 1.14 bits per heavy atom. The number of aliphatic carboxylic acids is 1. The van der Waals surface area contributed by atoms with Crippen molar-refractivity contribution in [2.24, 2.45) is 0 Å². The van der Waals surface area contributed by atoms with Crippen LogP contribution in [0.4, 0.5) is 14.5 Å². The summed E-state index contributed by atoms with van der Waals surface area (Å²) in [4.78, 5) is 15.5. The fraction of sp³-hybridized carbons (Fsp3) is 0.259. The molecule has 1 aromatic heterocycles. The summed E-state index contributed by atoms with van der Waals surface area (Å²) in [5.41, 5.74) is 3.59. The average Bonchev–Trinajstić information content (AvgIpc) is 3.57. The van der Waals surface area contributed by atoms with E-state index < -0.39 is 17.6 Å². The average molecular weight is 513 g/mol. The third kappa shape index (κ3) is 4.35. The second kappa shape index (κ2) is 9.96. The van der Waals surface area contributed by atoms with Gasteiger partial charge in [-0.15, -0.1) is 0 Å². The number of aryl methyl sites for hydroxylation is 1. The summed E-state index contributed by atoms with van der Waals surface area (Å²) in [6.45, 7) is 2.55. The molecule has 2 aliphatic rings. The Labute approximate surface area is 233 Å². The molecule has 0 saturated carbocycles. The van der Waals surface area contributed by atoms with Crippen molar-refractivity contribution in [1.29, 1.82) is 0 Å². The quantitative estimate of drug-likeness (QED) is 0.388. The number of rotatable bonds is 6. The molecule has 37 heavy (non-hydrogen) atoms. The topological polar surface area (TPSA) is 88.4 Å². The van der Waals surface area contributed by atoms with Crippen molar-refractivity contribution in [3.8, 4) is 17.2 Å². The van der Waals surface area contributed by atoms with Gasteiger partial charge in [0.2, 0.25) is 0 Å². The van der Waals surface area contributed by atoms with E-state index >= 15 is 0 Å². The second-order valence-electron chi connectivity index (χ2n) is 8.99. The largest absolute Gasteiger partial charge is 1.00 e. The standard InChI is InChI=1S/C27H23F2N3O4.Na/c1-2-23-31-19-9-8-18(28)25(29)26(19)32(23)21-5-3-4-17-20(13-36-27(17)21)30-15-6-7-16-14(10-24(33)34)12-35-22(16)11-15;/h3-9,11,14,20,30H,2,10,12-13H2,1H3,(H,33,34);/q;+1/p-1/t14-,20-;/m1./s1. The molecule has 0 unspecified atom stereocenters. The number of benzene rings is 3. The number of aromatic nitrogens is 2. The summed E-state index contributed by atoms with van der Waals surface area (Å²) in [5.74, 6) is -1.37.